The molecule has 3 nitrogen and oxygen atoms in total. The molecule has 0 bridgehead atoms. The number of nitrogens with zero attached hydrogens (tertiary/aromatic N) is 2. The highest BCUT2D eigenvalue weighted by atomic mass is 16.5. The van der Waals surface area contributed by atoms with E-state index >= 15 is 0 Å². The van der Waals surface area contributed by atoms with Gasteiger partial charge in [0.05, 0.1) is 18.4 Å². The third-order valence-electron chi connectivity index (χ3n) is 2.83. The maximum absolute atomic E-state index is 5.74. The molecule has 0 saturated carbocycles. The van der Waals surface area contributed by atoms with Gasteiger partial charge >= 0.3 is 0 Å². The Morgan fingerprint density at radius 2 is 2.12 bits per heavy atom. The SMILES string of the molecule is CC.CCCC1Cc2nc(CC)ncc2CO1. The number of aryl methyl sites for hydroxylation is 1. The first-order valence-corrected chi connectivity index (χ1v) is 6.78. The second-order valence-electron chi connectivity index (χ2n) is 4.04. The summed E-state index contributed by atoms with van der Waals surface area (Å²) in [7, 11) is 0. The minimum Gasteiger partial charge on any atom is -0.373 e. The quantitative estimate of drug-likeness (QED) is 0.807. The van der Waals surface area contributed by atoms with Gasteiger partial charge in [0, 0.05) is 24.6 Å². The van der Waals surface area contributed by atoms with Gasteiger partial charge in [-0.25, -0.2) is 9.97 Å². The van der Waals surface area contributed by atoms with E-state index in [1.54, 1.807) is 0 Å². The van der Waals surface area contributed by atoms with Crippen molar-refractivity contribution in [1.82, 2.24) is 9.97 Å². The number of hydrogen-bond donors (Lipinski definition) is 0. The van der Waals surface area contributed by atoms with Crippen molar-refractivity contribution in [2.24, 2.45) is 0 Å². The number of rotatable bonds is 3. The zero-order valence-corrected chi connectivity index (χ0v) is 11.5. The zero-order chi connectivity index (χ0) is 12.7. The summed E-state index contributed by atoms with van der Waals surface area (Å²) >= 11 is 0. The fraction of sp³-hybridized carbons (Fsp3) is 0.714. The first-order valence-electron chi connectivity index (χ1n) is 6.78. The number of hydrogen-bond acceptors (Lipinski definition) is 3. The van der Waals surface area contributed by atoms with Gasteiger partial charge in [-0.3, -0.25) is 0 Å². The summed E-state index contributed by atoms with van der Waals surface area (Å²) in [6.07, 6.45) is 6.45. The Morgan fingerprint density at radius 1 is 1.35 bits per heavy atom. The van der Waals surface area contributed by atoms with E-state index in [2.05, 4.69) is 23.8 Å². The van der Waals surface area contributed by atoms with E-state index in [-0.39, 0.29) is 0 Å². The summed E-state index contributed by atoms with van der Waals surface area (Å²) in [5.74, 6) is 0.950. The molecule has 0 saturated heterocycles. The fourth-order valence-electron chi connectivity index (χ4n) is 1.94. The molecule has 1 aliphatic heterocycles. The Balaban J connectivity index is 0.000000686. The molecule has 3 heteroatoms. The van der Waals surface area contributed by atoms with Gasteiger partial charge in [-0.1, -0.05) is 34.1 Å². The minimum absolute atomic E-state index is 0.363. The molecule has 2 rings (SSSR count). The molecule has 0 spiro atoms. The standard InChI is InChI=1S/C12H18N2O.C2H6/c1-3-5-10-6-11-9(8-15-10)7-13-12(4-2)14-11;1-2/h7,10H,3-6,8H2,1-2H3;1-2H3. The van der Waals surface area contributed by atoms with Crippen LogP contribution in [-0.4, -0.2) is 16.1 Å². The second-order valence-corrected chi connectivity index (χ2v) is 4.04. The summed E-state index contributed by atoms with van der Waals surface area (Å²) in [5, 5.41) is 0. The molecule has 0 aromatic carbocycles. The van der Waals surface area contributed by atoms with Crippen LogP contribution >= 0.6 is 0 Å². The molecule has 0 N–H and O–H groups in total. The molecule has 96 valence electrons. The van der Waals surface area contributed by atoms with Crippen molar-refractivity contribution in [2.75, 3.05) is 0 Å². The van der Waals surface area contributed by atoms with E-state index in [4.69, 9.17) is 4.74 Å². The highest BCUT2D eigenvalue weighted by Crippen LogP contribution is 2.20. The number of aromatic nitrogens is 2. The van der Waals surface area contributed by atoms with Crippen molar-refractivity contribution in [3.8, 4) is 0 Å². The van der Waals surface area contributed by atoms with Gasteiger partial charge in [0.15, 0.2) is 0 Å². The third-order valence-corrected chi connectivity index (χ3v) is 2.83. The lowest BCUT2D eigenvalue weighted by atomic mass is 10.0. The normalized spacial score (nSPS) is 18.0. The zero-order valence-electron chi connectivity index (χ0n) is 11.5. The van der Waals surface area contributed by atoms with Crippen LogP contribution in [0.1, 0.15) is 57.6 Å². The predicted octanol–water partition coefficient (Wildman–Crippen LogP) is 3.31. The maximum Gasteiger partial charge on any atom is 0.128 e. The van der Waals surface area contributed by atoms with Gasteiger partial charge < -0.3 is 4.74 Å². The van der Waals surface area contributed by atoms with Crippen LogP contribution in [0.25, 0.3) is 0 Å². The van der Waals surface area contributed by atoms with Crippen LogP contribution in [-0.2, 0) is 24.2 Å². The molecule has 0 amide bonds. The van der Waals surface area contributed by atoms with Crippen molar-refractivity contribution in [1.29, 1.82) is 0 Å². The van der Waals surface area contributed by atoms with E-state index in [9.17, 15) is 0 Å². The van der Waals surface area contributed by atoms with Crippen LogP contribution in [0.15, 0.2) is 6.20 Å². The van der Waals surface area contributed by atoms with Gasteiger partial charge in [-0.05, 0) is 6.42 Å². The summed E-state index contributed by atoms with van der Waals surface area (Å²) in [4.78, 5) is 8.86. The van der Waals surface area contributed by atoms with Gasteiger partial charge in [0.1, 0.15) is 5.82 Å². The van der Waals surface area contributed by atoms with E-state index < -0.39 is 0 Å². The molecule has 1 aromatic rings. The van der Waals surface area contributed by atoms with E-state index in [0.717, 1.165) is 25.1 Å². The van der Waals surface area contributed by atoms with Crippen molar-refractivity contribution in [2.45, 2.75) is 66.1 Å². The largest absolute Gasteiger partial charge is 0.373 e. The molecule has 1 unspecified atom stereocenters. The first kappa shape index (κ1) is 14.1. The van der Waals surface area contributed by atoms with E-state index in [0.29, 0.717) is 12.7 Å². The highest BCUT2D eigenvalue weighted by Gasteiger charge is 2.20. The molecule has 0 radical (unpaired) electrons. The Labute approximate surface area is 105 Å². The van der Waals surface area contributed by atoms with Crippen LogP contribution in [0.2, 0.25) is 0 Å². The third kappa shape index (κ3) is 3.77. The van der Waals surface area contributed by atoms with Crippen LogP contribution in [0.5, 0.6) is 0 Å². The summed E-state index contributed by atoms with van der Waals surface area (Å²) in [5.41, 5.74) is 2.37. The molecule has 0 aliphatic carbocycles. The predicted molar refractivity (Wildman–Crippen MR) is 69.9 cm³/mol. The number of ether oxygens (including phenoxy) is 1. The van der Waals surface area contributed by atoms with Crippen LogP contribution in [0.4, 0.5) is 0 Å². The fourth-order valence-corrected chi connectivity index (χ4v) is 1.94. The lowest BCUT2D eigenvalue weighted by molar-refractivity contribution is 0.0212. The molecule has 1 atom stereocenters. The Morgan fingerprint density at radius 3 is 2.76 bits per heavy atom. The summed E-state index contributed by atoms with van der Waals surface area (Å²) in [6.45, 7) is 8.96. The Hall–Kier alpha value is -0.960. The van der Waals surface area contributed by atoms with Gasteiger partial charge in [0.2, 0.25) is 0 Å². The first-order chi connectivity index (χ1) is 8.33. The molecule has 0 fully saturated rings. The van der Waals surface area contributed by atoms with Gasteiger partial charge in [0.25, 0.3) is 0 Å². The average molecular weight is 236 g/mol. The van der Waals surface area contributed by atoms with Crippen LogP contribution in [0.3, 0.4) is 0 Å². The van der Waals surface area contributed by atoms with Crippen LogP contribution < -0.4 is 0 Å². The van der Waals surface area contributed by atoms with Gasteiger partial charge in [-0.15, -0.1) is 0 Å². The highest BCUT2D eigenvalue weighted by molar-refractivity contribution is 5.19. The van der Waals surface area contributed by atoms with Crippen molar-refractivity contribution >= 4 is 0 Å². The van der Waals surface area contributed by atoms with Crippen molar-refractivity contribution in [3.05, 3.63) is 23.3 Å². The average Bonchev–Trinajstić information content (AvgIpc) is 2.40. The lowest BCUT2D eigenvalue weighted by Gasteiger charge is -2.24. The molecular weight excluding hydrogens is 212 g/mol. The molecule has 1 aliphatic rings. The smallest absolute Gasteiger partial charge is 0.128 e. The minimum atomic E-state index is 0.363. The topological polar surface area (TPSA) is 35.0 Å². The van der Waals surface area contributed by atoms with Crippen LogP contribution in [0, 0.1) is 0 Å². The Bertz CT molecular complexity index is 339. The van der Waals surface area contributed by atoms with Crippen molar-refractivity contribution < 1.29 is 4.74 Å². The molecular formula is C14H24N2O. The van der Waals surface area contributed by atoms with E-state index in [1.807, 2.05) is 20.0 Å². The monoisotopic (exact) mass is 236 g/mol. The Kier molecular flexibility index (Phi) is 6.12. The lowest BCUT2D eigenvalue weighted by Crippen LogP contribution is -2.24. The molecule has 17 heavy (non-hydrogen) atoms. The molecule has 2 heterocycles. The second kappa shape index (κ2) is 7.38. The van der Waals surface area contributed by atoms with E-state index in [1.165, 1.54) is 17.7 Å². The maximum atomic E-state index is 5.74. The summed E-state index contributed by atoms with van der Waals surface area (Å²) < 4.78 is 5.74. The molecule has 1 aromatic heterocycles. The number of fused-ring (bicyclic) bond motifs is 1. The van der Waals surface area contributed by atoms with Crippen molar-refractivity contribution in [3.63, 3.8) is 0 Å². The summed E-state index contributed by atoms with van der Waals surface area (Å²) in [6, 6.07) is 0. The van der Waals surface area contributed by atoms with Gasteiger partial charge in [-0.2, -0.15) is 0 Å².